The zero-order valence-electron chi connectivity index (χ0n) is 19.8. The van der Waals surface area contributed by atoms with Crippen molar-refractivity contribution in [1.29, 1.82) is 0 Å². The standard InChI is InChI=1S/C13H20.C7H14O2.C5H8O3/c1-3-12-10(2)8-9-11-6-4-5-7-13(11)12;1-5-7(2,3)6(8)9-4;6-4-1-2-8-5(7)3-4/h6,8-10,12-13H,3-5,7H2,1-2H3;5H2,1-4H3;4,6H,1-3H2. The van der Waals surface area contributed by atoms with Crippen molar-refractivity contribution >= 4 is 11.9 Å². The number of aliphatic hydroxyl groups is 1. The fourth-order valence-corrected chi connectivity index (χ4v) is 4.09. The van der Waals surface area contributed by atoms with Gasteiger partial charge in [0.1, 0.15) is 0 Å². The summed E-state index contributed by atoms with van der Waals surface area (Å²) in [5.74, 6) is 2.18. The van der Waals surface area contributed by atoms with Crippen LogP contribution in [0.4, 0.5) is 0 Å². The molecule has 4 atom stereocenters. The van der Waals surface area contributed by atoms with Gasteiger partial charge in [-0.2, -0.15) is 0 Å². The zero-order chi connectivity index (χ0) is 22.7. The Labute approximate surface area is 182 Å². The molecule has 0 aromatic rings. The van der Waals surface area contributed by atoms with Crippen LogP contribution < -0.4 is 0 Å². The molecule has 4 unspecified atom stereocenters. The van der Waals surface area contributed by atoms with Crippen LogP contribution >= 0.6 is 0 Å². The highest BCUT2D eigenvalue weighted by molar-refractivity contribution is 5.75. The van der Waals surface area contributed by atoms with E-state index in [1.165, 1.54) is 32.8 Å². The smallest absolute Gasteiger partial charge is 0.311 e. The number of allylic oxidation sites excluding steroid dienone is 4. The predicted molar refractivity (Wildman–Crippen MR) is 120 cm³/mol. The van der Waals surface area contributed by atoms with Crippen molar-refractivity contribution in [2.75, 3.05) is 13.7 Å². The Bertz CT molecular complexity index is 605. The summed E-state index contributed by atoms with van der Waals surface area (Å²) in [4.78, 5) is 21.1. The van der Waals surface area contributed by atoms with E-state index in [-0.39, 0.29) is 23.8 Å². The van der Waals surface area contributed by atoms with Crippen LogP contribution in [-0.4, -0.2) is 36.9 Å². The van der Waals surface area contributed by atoms with E-state index in [0.717, 1.165) is 24.2 Å². The number of esters is 2. The second-order valence-corrected chi connectivity index (χ2v) is 9.13. The predicted octanol–water partition coefficient (Wildman–Crippen LogP) is 5.22. The third-order valence-corrected chi connectivity index (χ3v) is 6.52. The lowest BCUT2D eigenvalue weighted by Crippen LogP contribution is -2.26. The summed E-state index contributed by atoms with van der Waals surface area (Å²) in [6, 6.07) is 0. The molecule has 0 saturated carbocycles. The van der Waals surface area contributed by atoms with Crippen LogP contribution in [0.5, 0.6) is 0 Å². The molecule has 1 saturated heterocycles. The Morgan fingerprint density at radius 2 is 2.00 bits per heavy atom. The first kappa shape index (κ1) is 26.4. The SMILES string of the molecule is CCC(C)(C)C(=O)OC.CCC1C(C)C=CC2=CCCCC21.O=C1CC(O)CCO1. The number of rotatable bonds is 3. The fourth-order valence-electron chi connectivity index (χ4n) is 4.09. The molecule has 1 aliphatic heterocycles. The van der Waals surface area contributed by atoms with Gasteiger partial charge in [0.05, 0.1) is 31.7 Å². The van der Waals surface area contributed by atoms with Crippen molar-refractivity contribution in [3.63, 3.8) is 0 Å². The molecule has 3 aliphatic rings. The highest BCUT2D eigenvalue weighted by Gasteiger charge is 2.30. The van der Waals surface area contributed by atoms with Crippen molar-refractivity contribution in [2.24, 2.45) is 23.2 Å². The molecule has 3 rings (SSSR count). The second kappa shape index (κ2) is 12.9. The van der Waals surface area contributed by atoms with Crippen LogP contribution in [0.25, 0.3) is 0 Å². The molecule has 1 N–H and O–H groups in total. The monoisotopic (exact) mass is 422 g/mol. The molecule has 0 bridgehead atoms. The van der Waals surface area contributed by atoms with Crippen LogP contribution in [0.15, 0.2) is 23.8 Å². The third-order valence-electron chi connectivity index (χ3n) is 6.52. The van der Waals surface area contributed by atoms with Crippen molar-refractivity contribution in [1.82, 2.24) is 0 Å². The Kier molecular flexibility index (Phi) is 11.4. The number of hydrogen-bond acceptors (Lipinski definition) is 5. The molecule has 1 heterocycles. The van der Waals surface area contributed by atoms with E-state index in [1.54, 1.807) is 5.57 Å². The lowest BCUT2D eigenvalue weighted by atomic mass is 9.69. The van der Waals surface area contributed by atoms with Gasteiger partial charge in [0, 0.05) is 6.42 Å². The first-order valence-electron chi connectivity index (χ1n) is 11.5. The van der Waals surface area contributed by atoms with E-state index in [0.29, 0.717) is 13.0 Å². The fraction of sp³-hybridized carbons (Fsp3) is 0.760. The van der Waals surface area contributed by atoms with Crippen LogP contribution in [0.1, 0.15) is 79.6 Å². The summed E-state index contributed by atoms with van der Waals surface area (Å²) in [6.07, 6.45) is 13.8. The number of carbonyl (C=O) groups excluding carboxylic acids is 2. The van der Waals surface area contributed by atoms with Gasteiger partial charge in [-0.1, -0.05) is 45.4 Å². The quantitative estimate of drug-likeness (QED) is 0.631. The third kappa shape index (κ3) is 8.25. The first-order chi connectivity index (χ1) is 14.2. The van der Waals surface area contributed by atoms with E-state index in [9.17, 15) is 9.59 Å². The van der Waals surface area contributed by atoms with Gasteiger partial charge < -0.3 is 14.6 Å². The van der Waals surface area contributed by atoms with Crippen molar-refractivity contribution < 1.29 is 24.2 Å². The lowest BCUT2D eigenvalue weighted by Gasteiger charge is -2.36. The van der Waals surface area contributed by atoms with E-state index in [1.807, 2.05) is 20.8 Å². The Morgan fingerprint density at radius 3 is 2.47 bits per heavy atom. The minimum absolute atomic E-state index is 0.134. The normalized spacial score (nSPS) is 27.8. The molecule has 172 valence electrons. The van der Waals surface area contributed by atoms with Crippen molar-refractivity contribution in [3.05, 3.63) is 23.8 Å². The van der Waals surface area contributed by atoms with E-state index in [4.69, 9.17) is 5.11 Å². The minimum Gasteiger partial charge on any atom is -0.469 e. The number of cyclic esters (lactones) is 1. The molecule has 2 aliphatic carbocycles. The number of carbonyl (C=O) groups is 2. The molecule has 0 spiro atoms. The molecule has 1 fully saturated rings. The number of fused-ring (bicyclic) bond motifs is 1. The summed E-state index contributed by atoms with van der Waals surface area (Å²) < 4.78 is 9.12. The van der Waals surface area contributed by atoms with Crippen LogP contribution in [0.2, 0.25) is 0 Å². The van der Waals surface area contributed by atoms with E-state index >= 15 is 0 Å². The molecule has 5 heteroatoms. The maximum Gasteiger partial charge on any atom is 0.311 e. The maximum absolute atomic E-state index is 10.8. The number of methoxy groups -OCH3 is 1. The molecule has 0 aromatic carbocycles. The molecule has 30 heavy (non-hydrogen) atoms. The van der Waals surface area contributed by atoms with Crippen LogP contribution in [-0.2, 0) is 19.1 Å². The molecule has 5 nitrogen and oxygen atoms in total. The average Bonchev–Trinajstić information content (AvgIpc) is 2.73. The summed E-state index contributed by atoms with van der Waals surface area (Å²) in [7, 11) is 1.42. The Balaban J connectivity index is 0.000000235. The first-order valence-corrected chi connectivity index (χ1v) is 11.5. The van der Waals surface area contributed by atoms with Gasteiger partial charge in [-0.15, -0.1) is 0 Å². The van der Waals surface area contributed by atoms with Gasteiger partial charge in [-0.05, 0) is 62.9 Å². The topological polar surface area (TPSA) is 72.8 Å². The van der Waals surface area contributed by atoms with Gasteiger partial charge >= 0.3 is 11.9 Å². The van der Waals surface area contributed by atoms with Gasteiger partial charge in [0.25, 0.3) is 0 Å². The highest BCUT2D eigenvalue weighted by atomic mass is 16.5. The van der Waals surface area contributed by atoms with Crippen molar-refractivity contribution in [2.45, 2.75) is 85.7 Å². The second-order valence-electron chi connectivity index (χ2n) is 9.13. The van der Waals surface area contributed by atoms with Gasteiger partial charge in [0.15, 0.2) is 0 Å². The summed E-state index contributed by atoms with van der Waals surface area (Å²) in [5, 5.41) is 8.78. The molecular formula is C25H42O5. The van der Waals surface area contributed by atoms with Gasteiger partial charge in [-0.3, -0.25) is 9.59 Å². The summed E-state index contributed by atoms with van der Waals surface area (Å²) in [6.45, 7) is 10.8. The molecule has 0 radical (unpaired) electrons. The summed E-state index contributed by atoms with van der Waals surface area (Å²) >= 11 is 0. The molecule has 0 aromatic heterocycles. The largest absolute Gasteiger partial charge is 0.469 e. The van der Waals surface area contributed by atoms with E-state index in [2.05, 4.69) is 41.5 Å². The minimum atomic E-state index is -0.462. The lowest BCUT2D eigenvalue weighted by molar-refractivity contribution is -0.152. The van der Waals surface area contributed by atoms with Crippen LogP contribution in [0.3, 0.4) is 0 Å². The van der Waals surface area contributed by atoms with Crippen LogP contribution in [0, 0.1) is 23.2 Å². The van der Waals surface area contributed by atoms with E-state index < -0.39 is 6.10 Å². The van der Waals surface area contributed by atoms with Gasteiger partial charge in [-0.25, -0.2) is 0 Å². The van der Waals surface area contributed by atoms with Crippen molar-refractivity contribution in [3.8, 4) is 0 Å². The zero-order valence-corrected chi connectivity index (χ0v) is 19.8. The Morgan fingerprint density at radius 1 is 1.30 bits per heavy atom. The number of ether oxygens (including phenoxy) is 2. The maximum atomic E-state index is 10.8. The number of hydrogen-bond donors (Lipinski definition) is 1. The molecule has 0 amide bonds. The Hall–Kier alpha value is -1.62. The average molecular weight is 423 g/mol. The highest BCUT2D eigenvalue weighted by Crippen LogP contribution is 2.41. The number of aliphatic hydroxyl groups excluding tert-OH is 1. The summed E-state index contributed by atoms with van der Waals surface area (Å²) in [5.41, 5.74) is 1.32. The molecular weight excluding hydrogens is 380 g/mol. The van der Waals surface area contributed by atoms with Gasteiger partial charge in [0.2, 0.25) is 0 Å².